The van der Waals surface area contributed by atoms with Crippen LogP contribution in [0.4, 0.5) is 22.0 Å². The molecule has 8 nitrogen and oxygen atoms in total. The van der Waals surface area contributed by atoms with Crippen LogP contribution in [0.3, 0.4) is 0 Å². The normalized spacial score (nSPS) is 10.5. The lowest BCUT2D eigenvalue weighted by molar-refractivity contribution is 0.262. The Labute approximate surface area is 201 Å². The Morgan fingerprint density at radius 2 is 1.56 bits per heavy atom. The molecule has 34 heavy (non-hydrogen) atoms. The summed E-state index contributed by atoms with van der Waals surface area (Å²) < 4.78 is 0. The van der Waals surface area contributed by atoms with Crippen molar-refractivity contribution >= 4 is 35.0 Å². The predicted molar refractivity (Wildman–Crippen MR) is 137 cm³/mol. The van der Waals surface area contributed by atoms with Crippen molar-refractivity contribution in [3.63, 3.8) is 0 Å². The van der Waals surface area contributed by atoms with Crippen LogP contribution in [-0.2, 0) is 0 Å². The van der Waals surface area contributed by atoms with Gasteiger partial charge >= 0.3 is 6.03 Å². The SMILES string of the molecule is CSc1c(NCCO)nc(-c2ccc(NC(=O)Nc3ccccc3)cc2)nc1-c1ccncc1. The van der Waals surface area contributed by atoms with Gasteiger partial charge in [0.1, 0.15) is 5.82 Å². The maximum absolute atomic E-state index is 12.3. The number of rotatable bonds is 8. The van der Waals surface area contributed by atoms with E-state index in [9.17, 15) is 9.90 Å². The molecule has 2 aromatic carbocycles. The average Bonchev–Trinajstić information content (AvgIpc) is 2.88. The second-order valence-corrected chi connectivity index (χ2v) is 8.00. The van der Waals surface area contributed by atoms with Gasteiger partial charge in [0.05, 0.1) is 17.2 Å². The number of benzene rings is 2. The van der Waals surface area contributed by atoms with Crippen molar-refractivity contribution in [3.8, 4) is 22.6 Å². The fraction of sp³-hybridized carbons (Fsp3) is 0.120. The van der Waals surface area contributed by atoms with E-state index in [1.165, 1.54) is 11.8 Å². The van der Waals surface area contributed by atoms with Gasteiger partial charge in [0.25, 0.3) is 0 Å². The van der Waals surface area contributed by atoms with Crippen LogP contribution in [-0.4, -0.2) is 45.5 Å². The molecule has 0 spiro atoms. The minimum atomic E-state index is -0.324. The molecule has 172 valence electrons. The molecule has 0 saturated heterocycles. The van der Waals surface area contributed by atoms with Crippen molar-refractivity contribution in [2.24, 2.45) is 0 Å². The summed E-state index contributed by atoms with van der Waals surface area (Å²) in [5, 5.41) is 18.1. The van der Waals surface area contributed by atoms with Gasteiger partial charge in [0.15, 0.2) is 5.82 Å². The number of carbonyl (C=O) groups excluding carboxylic acids is 1. The molecule has 2 amide bonds. The molecule has 4 rings (SSSR count). The zero-order valence-electron chi connectivity index (χ0n) is 18.5. The number of hydrogen-bond acceptors (Lipinski definition) is 7. The van der Waals surface area contributed by atoms with Crippen LogP contribution in [0.5, 0.6) is 0 Å². The first-order valence-electron chi connectivity index (χ1n) is 10.6. The summed E-state index contributed by atoms with van der Waals surface area (Å²) in [6.45, 7) is 0.363. The third-order valence-corrected chi connectivity index (χ3v) is 5.66. The van der Waals surface area contributed by atoms with Gasteiger partial charge in [-0.1, -0.05) is 18.2 Å². The molecule has 0 aliphatic carbocycles. The first kappa shape index (κ1) is 23.2. The van der Waals surface area contributed by atoms with Crippen LogP contribution in [0.15, 0.2) is 84.0 Å². The van der Waals surface area contributed by atoms with Gasteiger partial charge in [-0.05, 0) is 54.8 Å². The molecule has 0 saturated carbocycles. The van der Waals surface area contributed by atoms with E-state index in [-0.39, 0.29) is 12.6 Å². The Hall–Kier alpha value is -3.95. The summed E-state index contributed by atoms with van der Waals surface area (Å²) >= 11 is 1.54. The number of urea groups is 1. The highest BCUT2D eigenvalue weighted by Gasteiger charge is 2.16. The number of aliphatic hydroxyl groups excluding tert-OH is 1. The fourth-order valence-electron chi connectivity index (χ4n) is 3.29. The van der Waals surface area contributed by atoms with Gasteiger partial charge in [-0.2, -0.15) is 0 Å². The summed E-state index contributed by atoms with van der Waals surface area (Å²) in [6, 6.07) is 20.1. The highest BCUT2D eigenvalue weighted by atomic mass is 32.2. The second-order valence-electron chi connectivity index (χ2n) is 7.19. The average molecular weight is 473 g/mol. The summed E-state index contributed by atoms with van der Waals surface area (Å²) in [5.41, 5.74) is 3.86. The van der Waals surface area contributed by atoms with Crippen LogP contribution >= 0.6 is 11.8 Å². The largest absolute Gasteiger partial charge is 0.395 e. The lowest BCUT2D eigenvalue weighted by atomic mass is 10.1. The number of aliphatic hydroxyl groups is 1. The first-order chi connectivity index (χ1) is 16.7. The number of amides is 2. The van der Waals surface area contributed by atoms with Crippen molar-refractivity contribution in [3.05, 3.63) is 79.1 Å². The molecule has 2 heterocycles. The number of hydrogen-bond donors (Lipinski definition) is 4. The number of carbonyl (C=O) groups is 1. The Kier molecular flexibility index (Phi) is 7.69. The van der Waals surface area contributed by atoms with Crippen molar-refractivity contribution in [2.75, 3.05) is 35.4 Å². The van der Waals surface area contributed by atoms with E-state index >= 15 is 0 Å². The molecular weight excluding hydrogens is 448 g/mol. The van der Waals surface area contributed by atoms with Crippen LogP contribution in [0.1, 0.15) is 0 Å². The molecule has 2 aromatic heterocycles. The van der Waals surface area contributed by atoms with Gasteiger partial charge in [-0.25, -0.2) is 14.8 Å². The molecular formula is C25H24N6O2S. The zero-order valence-corrected chi connectivity index (χ0v) is 19.3. The molecule has 0 fully saturated rings. The number of pyridine rings is 1. The molecule has 0 radical (unpaired) electrons. The van der Waals surface area contributed by atoms with Crippen molar-refractivity contribution < 1.29 is 9.90 Å². The summed E-state index contributed by atoms with van der Waals surface area (Å²) in [6.07, 6.45) is 5.42. The quantitative estimate of drug-likeness (QED) is 0.268. The van der Waals surface area contributed by atoms with E-state index < -0.39 is 0 Å². The standard InChI is InChI=1S/C25H24N6O2S/c1-34-22-21(17-11-13-26-14-12-17)30-23(31-24(22)27-15-16-32)18-7-9-20(10-8-18)29-25(33)28-19-5-3-2-4-6-19/h2-14,32H,15-16H2,1H3,(H,27,30,31)(H2,28,29,33). The van der Waals surface area contributed by atoms with Gasteiger partial charge < -0.3 is 21.1 Å². The van der Waals surface area contributed by atoms with E-state index in [4.69, 9.17) is 9.97 Å². The van der Waals surface area contributed by atoms with Gasteiger partial charge in [-0.3, -0.25) is 4.98 Å². The summed E-state index contributed by atoms with van der Waals surface area (Å²) in [4.78, 5) is 26.8. The molecule has 4 N–H and O–H groups in total. The Morgan fingerprint density at radius 3 is 2.21 bits per heavy atom. The highest BCUT2D eigenvalue weighted by Crippen LogP contribution is 2.35. The topological polar surface area (TPSA) is 112 Å². The third kappa shape index (κ3) is 5.69. The van der Waals surface area contributed by atoms with Crippen LogP contribution in [0.2, 0.25) is 0 Å². The van der Waals surface area contributed by atoms with Crippen molar-refractivity contribution in [1.29, 1.82) is 0 Å². The number of para-hydroxylation sites is 1. The lowest BCUT2D eigenvalue weighted by Crippen LogP contribution is -2.19. The van der Waals surface area contributed by atoms with Crippen molar-refractivity contribution in [1.82, 2.24) is 15.0 Å². The Balaban J connectivity index is 1.61. The highest BCUT2D eigenvalue weighted by molar-refractivity contribution is 7.98. The Morgan fingerprint density at radius 1 is 0.882 bits per heavy atom. The summed E-state index contributed by atoms with van der Waals surface area (Å²) in [5.74, 6) is 1.19. The number of nitrogens with one attached hydrogen (secondary N) is 3. The number of thioether (sulfide) groups is 1. The summed E-state index contributed by atoms with van der Waals surface area (Å²) in [7, 11) is 0. The number of aromatic nitrogens is 3. The van der Waals surface area contributed by atoms with Crippen LogP contribution < -0.4 is 16.0 Å². The molecule has 0 aliphatic rings. The van der Waals surface area contributed by atoms with Crippen LogP contribution in [0.25, 0.3) is 22.6 Å². The first-order valence-corrected chi connectivity index (χ1v) is 11.8. The fourth-order valence-corrected chi connectivity index (χ4v) is 3.96. The van der Waals surface area contributed by atoms with Crippen LogP contribution in [0, 0.1) is 0 Å². The molecule has 0 aliphatic heterocycles. The zero-order chi connectivity index (χ0) is 23.8. The van der Waals surface area contributed by atoms with Gasteiger partial charge in [0.2, 0.25) is 0 Å². The predicted octanol–water partition coefficient (Wildman–Crippen LogP) is 4.98. The number of nitrogens with zero attached hydrogens (tertiary/aromatic N) is 3. The monoisotopic (exact) mass is 472 g/mol. The molecule has 9 heteroatoms. The molecule has 0 unspecified atom stereocenters. The van der Waals surface area contributed by atoms with E-state index in [1.807, 2.05) is 60.9 Å². The maximum atomic E-state index is 12.3. The van der Waals surface area contributed by atoms with E-state index in [0.717, 1.165) is 21.7 Å². The second kappa shape index (κ2) is 11.3. The third-order valence-electron chi connectivity index (χ3n) is 4.86. The minimum absolute atomic E-state index is 0.0108. The minimum Gasteiger partial charge on any atom is -0.395 e. The van der Waals surface area contributed by atoms with Gasteiger partial charge in [0, 0.05) is 41.4 Å². The van der Waals surface area contributed by atoms with Crippen molar-refractivity contribution in [2.45, 2.75) is 4.90 Å². The van der Waals surface area contributed by atoms with E-state index in [2.05, 4.69) is 20.9 Å². The van der Waals surface area contributed by atoms with Gasteiger partial charge in [-0.15, -0.1) is 11.8 Å². The molecule has 0 atom stereocenters. The smallest absolute Gasteiger partial charge is 0.323 e. The molecule has 4 aromatic rings. The van der Waals surface area contributed by atoms with E-state index in [1.54, 1.807) is 24.5 Å². The van der Waals surface area contributed by atoms with E-state index in [0.29, 0.717) is 29.6 Å². The molecule has 0 bridgehead atoms. The Bertz CT molecular complexity index is 1240. The number of anilines is 3. The maximum Gasteiger partial charge on any atom is 0.323 e. The lowest BCUT2D eigenvalue weighted by Gasteiger charge is -2.15.